The Labute approximate surface area is 183 Å². The van der Waals surface area contributed by atoms with Crippen LogP contribution in [0.1, 0.15) is 28.8 Å². The number of rotatable bonds is 3. The van der Waals surface area contributed by atoms with E-state index in [9.17, 15) is 9.59 Å². The second-order valence-electron chi connectivity index (χ2n) is 7.49. The van der Waals surface area contributed by atoms with E-state index in [4.69, 9.17) is 0 Å². The van der Waals surface area contributed by atoms with Gasteiger partial charge in [-0.3, -0.25) is 9.78 Å². The summed E-state index contributed by atoms with van der Waals surface area (Å²) < 4.78 is 2.16. The van der Waals surface area contributed by atoms with E-state index in [0.29, 0.717) is 19.3 Å². The number of likely N-dealkylation sites (N-methyl/N-ethyl adjacent to an activating group) is 1. The predicted octanol–water partition coefficient (Wildman–Crippen LogP) is 3.48. The van der Waals surface area contributed by atoms with Gasteiger partial charge >= 0.3 is 6.03 Å². The molecule has 154 valence electrons. The molecule has 3 aromatic rings. The molecule has 1 aliphatic rings. The van der Waals surface area contributed by atoms with Crippen molar-refractivity contribution in [3.05, 3.63) is 75.8 Å². The zero-order valence-electron chi connectivity index (χ0n) is 16.8. The van der Waals surface area contributed by atoms with E-state index >= 15 is 0 Å². The van der Waals surface area contributed by atoms with Crippen LogP contribution >= 0.6 is 15.9 Å². The van der Waals surface area contributed by atoms with Crippen LogP contribution in [0, 0.1) is 6.92 Å². The quantitative estimate of drug-likeness (QED) is 0.639. The van der Waals surface area contributed by atoms with E-state index in [-0.39, 0.29) is 5.91 Å². The Balaban J connectivity index is 1.44. The van der Waals surface area contributed by atoms with Gasteiger partial charge in [0.05, 0.1) is 6.20 Å². The average molecular weight is 468 g/mol. The third kappa shape index (κ3) is 4.28. The number of halogens is 1. The molecule has 1 atom stereocenters. The first-order valence-corrected chi connectivity index (χ1v) is 10.5. The number of anilines is 1. The normalized spacial score (nSPS) is 16.2. The summed E-state index contributed by atoms with van der Waals surface area (Å²) in [6.45, 7) is 1.94. The van der Waals surface area contributed by atoms with Crippen LogP contribution in [-0.2, 0) is 17.6 Å². The smallest absolute Gasteiger partial charge is 0.324 e. The molecule has 7 nitrogen and oxygen atoms in total. The van der Waals surface area contributed by atoms with Gasteiger partial charge in [-0.1, -0.05) is 28.1 Å². The Morgan fingerprint density at radius 1 is 1.23 bits per heavy atom. The molecule has 1 N–H and O–H groups in total. The predicted molar refractivity (Wildman–Crippen MR) is 118 cm³/mol. The minimum atomic E-state index is -0.609. The first-order chi connectivity index (χ1) is 14.4. The van der Waals surface area contributed by atoms with Crippen molar-refractivity contribution in [1.82, 2.24) is 20.1 Å². The van der Waals surface area contributed by atoms with Gasteiger partial charge < -0.3 is 10.2 Å². The molecule has 8 heteroatoms. The monoisotopic (exact) mass is 467 g/mol. The number of nitrogens with zero attached hydrogens (tertiary/aromatic N) is 4. The van der Waals surface area contributed by atoms with Gasteiger partial charge in [0.2, 0.25) is 5.91 Å². The molecular formula is C22H22BrN5O2. The highest BCUT2D eigenvalue weighted by Crippen LogP contribution is 2.29. The van der Waals surface area contributed by atoms with Gasteiger partial charge in [0.15, 0.2) is 0 Å². The molecule has 0 saturated carbocycles. The van der Waals surface area contributed by atoms with Crippen LogP contribution in [0.4, 0.5) is 10.5 Å². The molecule has 0 aliphatic carbocycles. The maximum absolute atomic E-state index is 12.9. The SMILES string of the molecule is Cc1ccc(Cc2cnn(C(=O)N[C@@H]3CCc4ccc(Br)cc4N(C)C3=O)c2)cn1. The first-order valence-electron chi connectivity index (χ1n) is 9.72. The zero-order chi connectivity index (χ0) is 21.3. The number of benzene rings is 1. The molecule has 0 saturated heterocycles. The van der Waals surface area contributed by atoms with E-state index in [2.05, 4.69) is 31.3 Å². The van der Waals surface area contributed by atoms with Crippen molar-refractivity contribution in [1.29, 1.82) is 0 Å². The summed E-state index contributed by atoms with van der Waals surface area (Å²) in [5.41, 5.74) is 4.85. The lowest BCUT2D eigenvalue weighted by Gasteiger charge is -2.22. The topological polar surface area (TPSA) is 80.1 Å². The molecule has 4 rings (SSSR count). The van der Waals surface area contributed by atoms with Gasteiger partial charge in [-0.25, -0.2) is 4.79 Å². The molecule has 30 heavy (non-hydrogen) atoms. The number of nitrogens with one attached hydrogen (secondary N) is 1. The van der Waals surface area contributed by atoms with Crippen molar-refractivity contribution >= 4 is 33.6 Å². The lowest BCUT2D eigenvalue weighted by Crippen LogP contribution is -2.48. The lowest BCUT2D eigenvalue weighted by molar-refractivity contribution is -0.120. The Bertz CT molecular complexity index is 1090. The molecule has 1 aromatic carbocycles. The van der Waals surface area contributed by atoms with Crippen molar-refractivity contribution in [2.24, 2.45) is 0 Å². The zero-order valence-corrected chi connectivity index (χ0v) is 18.4. The molecule has 0 fully saturated rings. The number of fused-ring (bicyclic) bond motifs is 1. The molecule has 0 spiro atoms. The van der Waals surface area contributed by atoms with Crippen LogP contribution in [0.2, 0.25) is 0 Å². The second kappa shape index (κ2) is 8.39. The third-order valence-electron chi connectivity index (χ3n) is 5.26. The van der Waals surface area contributed by atoms with Crippen LogP contribution in [0.3, 0.4) is 0 Å². The molecule has 2 amide bonds. The van der Waals surface area contributed by atoms with Gasteiger partial charge in [0, 0.05) is 41.7 Å². The summed E-state index contributed by atoms with van der Waals surface area (Å²) in [6, 6.07) is 8.84. The molecule has 0 bridgehead atoms. The van der Waals surface area contributed by atoms with Gasteiger partial charge in [0.1, 0.15) is 6.04 Å². The van der Waals surface area contributed by atoms with Gasteiger partial charge in [-0.05, 0) is 54.7 Å². The number of amides is 2. The van der Waals surface area contributed by atoms with Crippen molar-refractivity contribution in [2.45, 2.75) is 32.2 Å². The molecule has 0 radical (unpaired) electrons. The Morgan fingerprint density at radius 2 is 2.07 bits per heavy atom. The summed E-state index contributed by atoms with van der Waals surface area (Å²) in [4.78, 5) is 31.5. The Hall–Kier alpha value is -3.00. The van der Waals surface area contributed by atoms with E-state index in [1.54, 1.807) is 24.3 Å². The Kier molecular flexibility index (Phi) is 5.67. The molecule has 0 unspecified atom stereocenters. The number of carbonyl (C=O) groups is 2. The van der Waals surface area contributed by atoms with E-state index in [1.807, 2.05) is 43.5 Å². The number of hydrogen-bond donors (Lipinski definition) is 1. The van der Waals surface area contributed by atoms with E-state index < -0.39 is 12.1 Å². The number of carbonyl (C=O) groups excluding carboxylic acids is 2. The maximum Gasteiger partial charge on any atom is 0.342 e. The fourth-order valence-corrected chi connectivity index (χ4v) is 3.94. The molecule has 2 aromatic heterocycles. The van der Waals surface area contributed by atoms with E-state index in [1.165, 1.54) is 4.68 Å². The van der Waals surface area contributed by atoms with Crippen LogP contribution in [0.25, 0.3) is 0 Å². The first kappa shape index (κ1) is 20.3. The molecular weight excluding hydrogens is 446 g/mol. The highest BCUT2D eigenvalue weighted by Gasteiger charge is 2.29. The van der Waals surface area contributed by atoms with Crippen molar-refractivity contribution in [3.63, 3.8) is 0 Å². The van der Waals surface area contributed by atoms with Crippen LogP contribution in [0.15, 0.2) is 53.4 Å². The standard InChI is InChI=1S/C22H22BrN5O2/c1-14-3-4-15(11-24-14)9-16-12-25-28(13-16)22(30)26-19-8-6-17-5-7-18(23)10-20(17)27(2)21(19)29/h3-5,7,10-13,19H,6,8-9H2,1-2H3,(H,26,30)/t19-/m1/s1. The lowest BCUT2D eigenvalue weighted by atomic mass is 10.1. The third-order valence-corrected chi connectivity index (χ3v) is 5.76. The fraction of sp³-hybridized carbons (Fsp3) is 0.273. The summed E-state index contributed by atoms with van der Waals surface area (Å²) in [6.07, 6.45) is 7.04. The largest absolute Gasteiger partial charge is 0.342 e. The van der Waals surface area contributed by atoms with Crippen LogP contribution in [0.5, 0.6) is 0 Å². The van der Waals surface area contributed by atoms with Crippen molar-refractivity contribution in [2.75, 3.05) is 11.9 Å². The fourth-order valence-electron chi connectivity index (χ4n) is 3.59. The minimum absolute atomic E-state index is 0.140. The number of hydrogen-bond acceptors (Lipinski definition) is 4. The summed E-state index contributed by atoms with van der Waals surface area (Å²) in [5.74, 6) is -0.140. The van der Waals surface area contributed by atoms with Gasteiger partial charge in [0.25, 0.3) is 0 Å². The highest BCUT2D eigenvalue weighted by atomic mass is 79.9. The minimum Gasteiger partial charge on any atom is -0.324 e. The Morgan fingerprint density at radius 3 is 2.83 bits per heavy atom. The van der Waals surface area contributed by atoms with Crippen molar-refractivity contribution < 1.29 is 9.59 Å². The summed E-state index contributed by atoms with van der Waals surface area (Å²) >= 11 is 3.46. The van der Waals surface area contributed by atoms with Crippen molar-refractivity contribution in [3.8, 4) is 0 Å². The number of pyridine rings is 1. The van der Waals surface area contributed by atoms with Gasteiger partial charge in [-0.2, -0.15) is 9.78 Å². The summed E-state index contributed by atoms with van der Waals surface area (Å²) in [7, 11) is 1.74. The molecule has 1 aliphatic heterocycles. The molecule has 3 heterocycles. The van der Waals surface area contributed by atoms with E-state index in [0.717, 1.165) is 32.5 Å². The average Bonchev–Trinajstić information content (AvgIpc) is 3.17. The second-order valence-corrected chi connectivity index (χ2v) is 8.40. The summed E-state index contributed by atoms with van der Waals surface area (Å²) in [5, 5.41) is 7.00. The van der Waals surface area contributed by atoms with Gasteiger partial charge in [-0.15, -0.1) is 0 Å². The number of aryl methyl sites for hydroxylation is 2. The van der Waals surface area contributed by atoms with Crippen LogP contribution < -0.4 is 10.2 Å². The highest BCUT2D eigenvalue weighted by molar-refractivity contribution is 9.10. The van der Waals surface area contributed by atoms with Crippen LogP contribution in [-0.4, -0.2) is 39.8 Å². The number of aromatic nitrogens is 3. The maximum atomic E-state index is 12.9.